The van der Waals surface area contributed by atoms with Gasteiger partial charge in [-0.25, -0.2) is 4.79 Å². The van der Waals surface area contributed by atoms with E-state index in [9.17, 15) is 9.90 Å². The van der Waals surface area contributed by atoms with Gasteiger partial charge in [0.05, 0.1) is 31.6 Å². The number of nitrogens with zero attached hydrogens (tertiary/aromatic N) is 2. The smallest absolute Gasteiger partial charge is 0.351 e. The number of aromatic nitrogens is 2. The predicted octanol–water partition coefficient (Wildman–Crippen LogP) is 1.38. The molecular weight excluding hydrogens is 372 g/mol. The number of rotatable bonds is 4. The first kappa shape index (κ1) is 19.6. The lowest BCUT2D eigenvalue weighted by Gasteiger charge is -2.24. The molecule has 2 aliphatic heterocycles. The van der Waals surface area contributed by atoms with Crippen LogP contribution in [0.5, 0.6) is 5.88 Å². The lowest BCUT2D eigenvalue weighted by atomic mass is 9.95. The first-order valence-electron chi connectivity index (χ1n) is 9.84. The number of hydrogen-bond acceptors (Lipinski definition) is 6. The standard InChI is InChI=1S/C22H24N2O5/c1-15(25)3-2-4-16-5-6-19-17(11-16)7-8-24-20(19)12-21(23-22(24)26)29-14-18-13-27-9-10-28-18/h5-6,11-12,15,18,25H,3,7-10,13-14H2,1H3. The average Bonchev–Trinajstić information content (AvgIpc) is 2.72. The first-order chi connectivity index (χ1) is 14.1. The summed E-state index contributed by atoms with van der Waals surface area (Å²) in [6.45, 7) is 4.20. The van der Waals surface area contributed by atoms with E-state index in [1.165, 1.54) is 0 Å². The Labute approximate surface area is 169 Å². The Morgan fingerprint density at radius 3 is 3.07 bits per heavy atom. The summed E-state index contributed by atoms with van der Waals surface area (Å²) >= 11 is 0. The lowest BCUT2D eigenvalue weighted by molar-refractivity contribution is -0.102. The monoisotopic (exact) mass is 396 g/mol. The Bertz CT molecular complexity index is 996. The molecule has 0 radical (unpaired) electrons. The Balaban J connectivity index is 1.57. The van der Waals surface area contributed by atoms with Gasteiger partial charge < -0.3 is 19.3 Å². The number of aliphatic hydroxyl groups excluding tert-OH is 1. The number of aryl methyl sites for hydroxylation is 1. The van der Waals surface area contributed by atoms with Crippen LogP contribution in [0.1, 0.15) is 24.5 Å². The number of aliphatic hydroxyl groups is 1. The molecule has 1 aromatic heterocycles. The van der Waals surface area contributed by atoms with Crippen molar-refractivity contribution in [1.82, 2.24) is 9.55 Å². The van der Waals surface area contributed by atoms with Crippen LogP contribution in [-0.4, -0.2) is 53.3 Å². The molecular formula is C22H24N2O5. The molecule has 152 valence electrons. The Morgan fingerprint density at radius 2 is 2.28 bits per heavy atom. The third kappa shape index (κ3) is 4.67. The summed E-state index contributed by atoms with van der Waals surface area (Å²) in [6.07, 6.45) is 0.593. The fourth-order valence-corrected chi connectivity index (χ4v) is 3.47. The maximum absolute atomic E-state index is 12.5. The molecule has 0 amide bonds. The molecule has 7 heteroatoms. The van der Waals surface area contributed by atoms with E-state index in [2.05, 4.69) is 16.8 Å². The van der Waals surface area contributed by atoms with E-state index in [-0.39, 0.29) is 11.8 Å². The normalized spacial score (nSPS) is 18.8. The summed E-state index contributed by atoms with van der Waals surface area (Å²) in [4.78, 5) is 16.5. The van der Waals surface area contributed by atoms with Crippen molar-refractivity contribution < 1.29 is 19.3 Å². The van der Waals surface area contributed by atoms with Crippen LogP contribution in [0.25, 0.3) is 11.3 Å². The zero-order valence-corrected chi connectivity index (χ0v) is 16.4. The van der Waals surface area contributed by atoms with Crippen molar-refractivity contribution in [2.75, 3.05) is 26.4 Å². The lowest BCUT2D eigenvalue weighted by Crippen LogP contribution is -2.34. The molecule has 2 aromatic rings. The fraction of sp³-hybridized carbons (Fsp3) is 0.455. The molecule has 0 spiro atoms. The molecule has 2 unspecified atom stereocenters. The molecule has 1 aromatic carbocycles. The van der Waals surface area contributed by atoms with Crippen molar-refractivity contribution in [2.45, 2.75) is 38.5 Å². The highest BCUT2D eigenvalue weighted by molar-refractivity contribution is 5.67. The molecule has 3 heterocycles. The quantitative estimate of drug-likeness (QED) is 0.787. The number of hydrogen-bond donors (Lipinski definition) is 1. The van der Waals surface area contributed by atoms with Gasteiger partial charge in [0.1, 0.15) is 12.7 Å². The number of ether oxygens (including phenoxy) is 3. The molecule has 29 heavy (non-hydrogen) atoms. The van der Waals surface area contributed by atoms with Crippen LogP contribution in [0, 0.1) is 11.8 Å². The second-order valence-corrected chi connectivity index (χ2v) is 7.27. The van der Waals surface area contributed by atoms with E-state index in [1.54, 1.807) is 11.5 Å². The molecule has 0 aliphatic carbocycles. The van der Waals surface area contributed by atoms with Crippen LogP contribution in [0.2, 0.25) is 0 Å². The van der Waals surface area contributed by atoms with E-state index in [1.807, 2.05) is 24.3 Å². The van der Waals surface area contributed by atoms with Crippen molar-refractivity contribution in [3.05, 3.63) is 45.9 Å². The van der Waals surface area contributed by atoms with E-state index in [4.69, 9.17) is 14.2 Å². The van der Waals surface area contributed by atoms with E-state index < -0.39 is 6.10 Å². The zero-order valence-electron chi connectivity index (χ0n) is 16.4. The van der Waals surface area contributed by atoms with Gasteiger partial charge in [-0.2, -0.15) is 4.98 Å². The van der Waals surface area contributed by atoms with Gasteiger partial charge in [0.2, 0.25) is 5.88 Å². The molecule has 2 atom stereocenters. The van der Waals surface area contributed by atoms with Crippen LogP contribution in [0.3, 0.4) is 0 Å². The highest BCUT2D eigenvalue weighted by Crippen LogP contribution is 2.30. The minimum atomic E-state index is -0.435. The summed E-state index contributed by atoms with van der Waals surface area (Å²) in [5.41, 5.74) is 3.50. The number of fused-ring (bicyclic) bond motifs is 3. The Morgan fingerprint density at radius 1 is 1.38 bits per heavy atom. The van der Waals surface area contributed by atoms with Crippen molar-refractivity contribution in [1.29, 1.82) is 0 Å². The Hall–Kier alpha value is -2.66. The van der Waals surface area contributed by atoms with Crippen LogP contribution in [-0.2, 0) is 22.4 Å². The largest absolute Gasteiger partial charge is 0.475 e. The van der Waals surface area contributed by atoms with Gasteiger partial charge in [-0.3, -0.25) is 4.57 Å². The highest BCUT2D eigenvalue weighted by Gasteiger charge is 2.20. The van der Waals surface area contributed by atoms with Crippen LogP contribution < -0.4 is 10.4 Å². The fourth-order valence-electron chi connectivity index (χ4n) is 3.47. The average molecular weight is 396 g/mol. The SMILES string of the molecule is CC(O)CC#Cc1ccc2c(c1)CCn1c-2cc(OCC2COCCO2)nc1=O. The molecule has 0 bridgehead atoms. The summed E-state index contributed by atoms with van der Waals surface area (Å²) < 4.78 is 18.3. The van der Waals surface area contributed by atoms with Crippen molar-refractivity contribution in [3.8, 4) is 29.0 Å². The van der Waals surface area contributed by atoms with Gasteiger partial charge >= 0.3 is 5.69 Å². The summed E-state index contributed by atoms with van der Waals surface area (Å²) in [5, 5.41) is 9.34. The summed E-state index contributed by atoms with van der Waals surface area (Å²) in [7, 11) is 0. The minimum absolute atomic E-state index is 0.153. The van der Waals surface area contributed by atoms with Gasteiger partial charge in [-0.15, -0.1) is 0 Å². The molecule has 1 saturated heterocycles. The minimum Gasteiger partial charge on any atom is -0.475 e. The van der Waals surface area contributed by atoms with Crippen molar-refractivity contribution >= 4 is 0 Å². The van der Waals surface area contributed by atoms with Gasteiger partial charge in [0, 0.05) is 30.2 Å². The van der Waals surface area contributed by atoms with Gasteiger partial charge in [0.15, 0.2) is 0 Å². The van der Waals surface area contributed by atoms with E-state index in [0.717, 1.165) is 28.8 Å². The highest BCUT2D eigenvalue weighted by atomic mass is 16.6. The second-order valence-electron chi connectivity index (χ2n) is 7.27. The molecule has 1 fully saturated rings. The maximum Gasteiger partial charge on any atom is 0.351 e. The third-order valence-electron chi connectivity index (χ3n) is 4.91. The van der Waals surface area contributed by atoms with Crippen molar-refractivity contribution in [2.24, 2.45) is 0 Å². The predicted molar refractivity (Wildman–Crippen MR) is 107 cm³/mol. The molecule has 0 saturated carbocycles. The van der Waals surface area contributed by atoms with E-state index >= 15 is 0 Å². The van der Waals surface area contributed by atoms with Gasteiger partial charge in [0.25, 0.3) is 0 Å². The molecule has 2 aliphatic rings. The first-order valence-corrected chi connectivity index (χ1v) is 9.84. The van der Waals surface area contributed by atoms with Crippen LogP contribution in [0.15, 0.2) is 29.1 Å². The topological polar surface area (TPSA) is 82.8 Å². The summed E-state index contributed by atoms with van der Waals surface area (Å²) in [5.74, 6) is 6.37. The molecule has 7 nitrogen and oxygen atoms in total. The van der Waals surface area contributed by atoms with Gasteiger partial charge in [-0.1, -0.05) is 17.9 Å². The van der Waals surface area contributed by atoms with Crippen LogP contribution in [0.4, 0.5) is 0 Å². The van der Waals surface area contributed by atoms with Crippen LogP contribution >= 0.6 is 0 Å². The van der Waals surface area contributed by atoms with Crippen molar-refractivity contribution in [3.63, 3.8) is 0 Å². The second kappa shape index (κ2) is 8.78. The van der Waals surface area contributed by atoms with Gasteiger partial charge in [-0.05, 0) is 31.0 Å². The number of benzene rings is 1. The molecule has 4 rings (SSSR count). The maximum atomic E-state index is 12.5. The Kier molecular flexibility index (Phi) is 5.95. The third-order valence-corrected chi connectivity index (χ3v) is 4.91. The zero-order chi connectivity index (χ0) is 20.2. The summed E-state index contributed by atoms with van der Waals surface area (Å²) in [6, 6.07) is 7.77. The van der Waals surface area contributed by atoms with E-state index in [0.29, 0.717) is 45.3 Å². The molecule has 1 N–H and O–H groups in total.